The average Bonchev–Trinajstić information content (AvgIpc) is 3.09. The molecule has 1 fully saturated rings. The first-order valence-corrected chi connectivity index (χ1v) is 9.36. The van der Waals surface area contributed by atoms with Crippen LogP contribution in [0.2, 0.25) is 0 Å². The van der Waals surface area contributed by atoms with Crippen molar-refractivity contribution in [1.82, 2.24) is 29.0 Å². The molecule has 0 unspecified atom stereocenters. The Morgan fingerprint density at radius 2 is 1.92 bits per heavy atom. The molecule has 2 aromatic rings. The Morgan fingerprint density at radius 1 is 1.19 bits per heavy atom. The number of amides is 1. The van der Waals surface area contributed by atoms with Crippen molar-refractivity contribution in [3.63, 3.8) is 0 Å². The van der Waals surface area contributed by atoms with E-state index in [4.69, 9.17) is 0 Å². The molecule has 0 saturated carbocycles. The quantitative estimate of drug-likeness (QED) is 0.827. The number of aryl methyl sites for hydroxylation is 3. The molecule has 1 aliphatic rings. The minimum Gasteiger partial charge on any atom is -0.338 e. The number of hydrogen-bond donors (Lipinski definition) is 0. The van der Waals surface area contributed by atoms with Crippen LogP contribution in [0.25, 0.3) is 0 Å². The van der Waals surface area contributed by atoms with E-state index < -0.39 is 0 Å². The van der Waals surface area contributed by atoms with E-state index in [9.17, 15) is 9.59 Å². The number of rotatable bonds is 4. The lowest BCUT2D eigenvalue weighted by Crippen LogP contribution is -2.40. The van der Waals surface area contributed by atoms with Gasteiger partial charge in [0.2, 0.25) is 0 Å². The van der Waals surface area contributed by atoms with Gasteiger partial charge in [-0.05, 0) is 40.5 Å². The van der Waals surface area contributed by atoms with Gasteiger partial charge in [-0.25, -0.2) is 9.48 Å². The van der Waals surface area contributed by atoms with Crippen molar-refractivity contribution in [2.24, 2.45) is 7.05 Å². The number of piperidine rings is 1. The second-order valence-corrected chi connectivity index (χ2v) is 6.96. The largest absolute Gasteiger partial charge is 0.345 e. The summed E-state index contributed by atoms with van der Waals surface area (Å²) in [6.45, 7) is 10.5. The molecule has 0 radical (unpaired) electrons. The van der Waals surface area contributed by atoms with Gasteiger partial charge in [-0.2, -0.15) is 10.2 Å². The summed E-state index contributed by atoms with van der Waals surface area (Å²) in [4.78, 5) is 27.2. The molecular formula is C18H28N6O2. The van der Waals surface area contributed by atoms with Gasteiger partial charge in [0, 0.05) is 44.8 Å². The highest BCUT2D eigenvalue weighted by atomic mass is 16.2. The van der Waals surface area contributed by atoms with Gasteiger partial charge < -0.3 is 4.90 Å². The molecule has 8 nitrogen and oxygen atoms in total. The second-order valence-electron chi connectivity index (χ2n) is 6.96. The first-order valence-electron chi connectivity index (χ1n) is 9.36. The Kier molecular flexibility index (Phi) is 5.02. The normalized spacial score (nSPS) is 17.7. The Labute approximate surface area is 153 Å². The first kappa shape index (κ1) is 18.4. The van der Waals surface area contributed by atoms with Crippen molar-refractivity contribution < 1.29 is 4.79 Å². The fourth-order valence-electron chi connectivity index (χ4n) is 3.97. The van der Waals surface area contributed by atoms with Gasteiger partial charge >= 0.3 is 5.69 Å². The summed E-state index contributed by atoms with van der Waals surface area (Å²) < 4.78 is 4.97. The highest BCUT2D eigenvalue weighted by molar-refractivity contribution is 5.96. The number of aromatic nitrogens is 5. The van der Waals surface area contributed by atoms with Crippen LogP contribution in [0.1, 0.15) is 60.2 Å². The summed E-state index contributed by atoms with van der Waals surface area (Å²) in [5.41, 5.74) is 2.31. The minimum absolute atomic E-state index is 0.0331. The van der Waals surface area contributed by atoms with Gasteiger partial charge in [0.1, 0.15) is 5.82 Å². The van der Waals surface area contributed by atoms with Crippen LogP contribution in [0, 0.1) is 13.8 Å². The van der Waals surface area contributed by atoms with Crippen LogP contribution in [-0.2, 0) is 20.1 Å². The van der Waals surface area contributed by atoms with Crippen molar-refractivity contribution in [3.8, 4) is 0 Å². The topological polar surface area (TPSA) is 78.0 Å². The number of likely N-dealkylation sites (tertiary alicyclic amines) is 1. The van der Waals surface area contributed by atoms with Crippen molar-refractivity contribution >= 4 is 5.91 Å². The van der Waals surface area contributed by atoms with Crippen molar-refractivity contribution in [1.29, 1.82) is 0 Å². The van der Waals surface area contributed by atoms with Crippen LogP contribution in [0.15, 0.2) is 4.79 Å². The Bertz CT molecular complexity index is 875. The molecule has 1 aliphatic heterocycles. The maximum absolute atomic E-state index is 13.2. The van der Waals surface area contributed by atoms with Gasteiger partial charge in [0.25, 0.3) is 5.91 Å². The Morgan fingerprint density at radius 3 is 2.54 bits per heavy atom. The van der Waals surface area contributed by atoms with E-state index in [1.165, 1.54) is 4.68 Å². The summed E-state index contributed by atoms with van der Waals surface area (Å²) >= 11 is 0. The summed E-state index contributed by atoms with van der Waals surface area (Å²) in [5, 5.41) is 8.91. The molecule has 0 bridgehead atoms. The zero-order valence-electron chi connectivity index (χ0n) is 16.3. The maximum Gasteiger partial charge on any atom is 0.345 e. The smallest absolute Gasteiger partial charge is 0.338 e. The van der Waals surface area contributed by atoms with Gasteiger partial charge in [0.05, 0.1) is 11.3 Å². The maximum atomic E-state index is 13.2. The predicted octanol–water partition coefficient (Wildman–Crippen LogP) is 1.45. The van der Waals surface area contributed by atoms with Gasteiger partial charge in [-0.15, -0.1) is 0 Å². The summed E-state index contributed by atoms with van der Waals surface area (Å²) in [6, 6.07) is 0. The van der Waals surface area contributed by atoms with E-state index in [-0.39, 0.29) is 17.5 Å². The van der Waals surface area contributed by atoms with E-state index >= 15 is 0 Å². The fourth-order valence-corrected chi connectivity index (χ4v) is 3.97. The molecule has 0 aliphatic carbocycles. The molecule has 1 atom stereocenters. The average molecular weight is 360 g/mol. The molecule has 3 heterocycles. The van der Waals surface area contributed by atoms with Crippen LogP contribution in [0.4, 0.5) is 0 Å². The Balaban J connectivity index is 1.87. The number of nitrogens with zero attached hydrogens (tertiary/aromatic N) is 6. The van der Waals surface area contributed by atoms with Gasteiger partial charge in [-0.3, -0.25) is 14.0 Å². The lowest BCUT2D eigenvalue weighted by atomic mass is 9.96. The molecule has 26 heavy (non-hydrogen) atoms. The van der Waals surface area contributed by atoms with Crippen LogP contribution in [0.5, 0.6) is 0 Å². The highest BCUT2D eigenvalue weighted by Gasteiger charge is 2.31. The highest BCUT2D eigenvalue weighted by Crippen LogP contribution is 2.27. The lowest BCUT2D eigenvalue weighted by molar-refractivity contribution is 0.0701. The van der Waals surface area contributed by atoms with E-state index in [2.05, 4.69) is 10.2 Å². The molecule has 1 saturated heterocycles. The minimum atomic E-state index is -0.0955. The summed E-state index contributed by atoms with van der Waals surface area (Å²) in [6.07, 6.45) is 1.84. The summed E-state index contributed by atoms with van der Waals surface area (Å²) in [7, 11) is 1.68. The Hall–Kier alpha value is -2.38. The van der Waals surface area contributed by atoms with Crippen LogP contribution in [0.3, 0.4) is 0 Å². The summed E-state index contributed by atoms with van der Waals surface area (Å²) in [5.74, 6) is 0.907. The molecule has 0 spiro atoms. The number of carbonyl (C=O) groups is 1. The van der Waals surface area contributed by atoms with Crippen LogP contribution >= 0.6 is 0 Å². The third kappa shape index (κ3) is 2.97. The van der Waals surface area contributed by atoms with E-state index in [0.717, 1.165) is 43.1 Å². The lowest BCUT2D eigenvalue weighted by Gasteiger charge is -2.32. The fraction of sp³-hybridized carbons (Fsp3) is 0.667. The molecule has 142 valence electrons. The number of hydrogen-bond acceptors (Lipinski definition) is 4. The predicted molar refractivity (Wildman–Crippen MR) is 98.4 cm³/mol. The van der Waals surface area contributed by atoms with Crippen molar-refractivity contribution in [2.45, 2.75) is 59.5 Å². The second kappa shape index (κ2) is 7.09. The third-order valence-electron chi connectivity index (χ3n) is 5.32. The van der Waals surface area contributed by atoms with Crippen molar-refractivity contribution in [3.05, 3.63) is 33.3 Å². The van der Waals surface area contributed by atoms with Crippen LogP contribution < -0.4 is 5.69 Å². The zero-order valence-corrected chi connectivity index (χ0v) is 16.3. The molecule has 0 aromatic carbocycles. The molecule has 2 aromatic heterocycles. The van der Waals surface area contributed by atoms with Crippen LogP contribution in [-0.4, -0.2) is 48.0 Å². The monoisotopic (exact) mass is 360 g/mol. The zero-order chi connectivity index (χ0) is 19.0. The molecule has 1 amide bonds. The SMILES string of the molecule is CCn1nc(C)c(C(=O)N2CCC[C@@H](c3nn(C)c(=O)n3CC)C2)c1C. The molecular weight excluding hydrogens is 332 g/mol. The molecule has 0 N–H and O–H groups in total. The van der Waals surface area contributed by atoms with E-state index in [1.54, 1.807) is 11.6 Å². The van der Waals surface area contributed by atoms with Gasteiger partial charge in [-0.1, -0.05) is 0 Å². The third-order valence-corrected chi connectivity index (χ3v) is 5.32. The van der Waals surface area contributed by atoms with Gasteiger partial charge in [0.15, 0.2) is 0 Å². The standard InChI is InChI=1S/C18H28N6O2/c1-6-23-16(20-21(5)18(23)26)14-9-8-10-22(11-14)17(25)15-12(3)19-24(7-2)13(15)4/h14H,6-11H2,1-5H3/t14-/m1/s1. The van der Waals surface area contributed by atoms with E-state index in [0.29, 0.717) is 18.7 Å². The molecule has 8 heteroatoms. The number of carbonyl (C=O) groups excluding carboxylic acids is 1. The molecule has 3 rings (SSSR count). The first-order chi connectivity index (χ1) is 12.4. The van der Waals surface area contributed by atoms with Crippen molar-refractivity contribution in [2.75, 3.05) is 13.1 Å². The van der Waals surface area contributed by atoms with E-state index in [1.807, 2.05) is 37.3 Å².